The summed E-state index contributed by atoms with van der Waals surface area (Å²) in [4.78, 5) is 2.87. The van der Waals surface area contributed by atoms with E-state index in [-0.39, 0.29) is 18.4 Å². The van der Waals surface area contributed by atoms with Gasteiger partial charge in [-0.05, 0) is 93.8 Å². The van der Waals surface area contributed by atoms with Crippen LogP contribution in [-0.2, 0) is 4.74 Å². The molecule has 6 rings (SSSR count). The third-order valence-corrected chi connectivity index (χ3v) is 11.2. The number of nitrogens with two attached hydrogens (primary N) is 2. The second-order valence-electron chi connectivity index (χ2n) is 13.1. The van der Waals surface area contributed by atoms with Crippen LogP contribution in [0, 0.1) is 40.9 Å². The zero-order valence-corrected chi connectivity index (χ0v) is 21.7. The number of fused-ring (bicyclic) bond motifs is 2. The van der Waals surface area contributed by atoms with Crippen LogP contribution >= 0.6 is 0 Å². The first-order valence-corrected chi connectivity index (χ1v) is 15.1. The van der Waals surface area contributed by atoms with Crippen molar-refractivity contribution < 1.29 is 4.74 Å². The predicted octanol–water partition coefficient (Wildman–Crippen LogP) is 3.68. The fourth-order valence-corrected chi connectivity index (χ4v) is 9.26. The van der Waals surface area contributed by atoms with Crippen molar-refractivity contribution in [2.75, 3.05) is 6.54 Å². The van der Waals surface area contributed by atoms with Crippen LogP contribution < -0.4 is 22.3 Å². The van der Waals surface area contributed by atoms with Gasteiger partial charge in [-0.1, -0.05) is 32.1 Å². The van der Waals surface area contributed by atoms with Crippen molar-refractivity contribution in [1.82, 2.24) is 15.8 Å². The summed E-state index contributed by atoms with van der Waals surface area (Å²) in [5.74, 6) is 4.69. The number of ether oxygens (including phenoxy) is 1. The molecule has 4 saturated carbocycles. The van der Waals surface area contributed by atoms with Crippen LogP contribution in [0.2, 0.25) is 0 Å². The molecule has 2 saturated heterocycles. The minimum atomic E-state index is 0.0581. The Bertz CT molecular complexity index is 739. The van der Waals surface area contributed by atoms with E-state index in [2.05, 4.69) is 15.8 Å². The molecule has 0 radical (unpaired) electrons. The van der Waals surface area contributed by atoms with Gasteiger partial charge in [-0.15, -0.1) is 0 Å². The lowest BCUT2D eigenvalue weighted by atomic mass is 9.65. The van der Waals surface area contributed by atoms with Crippen molar-refractivity contribution >= 4 is 5.84 Å². The molecule has 9 unspecified atom stereocenters. The first kappa shape index (κ1) is 24.6. The van der Waals surface area contributed by atoms with Crippen molar-refractivity contribution in [3.63, 3.8) is 0 Å². The van der Waals surface area contributed by atoms with Crippen molar-refractivity contribution in [2.24, 2.45) is 47.0 Å². The lowest BCUT2D eigenvalue weighted by Crippen LogP contribution is -2.52. The standard InChI is InChI=1S/C28H50N6O/c29-22-12-10-18(11-13-22)27-32-33-28(35-27)25-14-19-8-9-20(26(30)31)15-24(19)34(25)16-21-6-3-5-17-4-1-2-7-23(17)21/h17-25,27-28,32-33H,1-16,29H2,(H3,30,31). The normalized spacial score (nSPS) is 48.9. The summed E-state index contributed by atoms with van der Waals surface area (Å²) in [5, 5.41) is 8.15. The highest BCUT2D eigenvalue weighted by molar-refractivity contribution is 5.79. The van der Waals surface area contributed by atoms with E-state index in [1.807, 2.05) is 0 Å². The monoisotopic (exact) mass is 486 g/mol. The number of likely N-dealkylation sites (tertiary alicyclic amines) is 1. The average Bonchev–Trinajstić information content (AvgIpc) is 3.50. The highest BCUT2D eigenvalue weighted by Gasteiger charge is 2.51. The van der Waals surface area contributed by atoms with E-state index in [9.17, 15) is 0 Å². The van der Waals surface area contributed by atoms with Crippen LogP contribution in [-0.4, -0.2) is 47.9 Å². The van der Waals surface area contributed by atoms with Crippen LogP contribution in [0.25, 0.3) is 0 Å². The van der Waals surface area contributed by atoms with E-state index in [1.54, 1.807) is 0 Å². The van der Waals surface area contributed by atoms with Crippen molar-refractivity contribution in [3.8, 4) is 0 Å². The topological polar surface area (TPSA) is 112 Å². The average molecular weight is 487 g/mol. The highest BCUT2D eigenvalue weighted by atomic mass is 16.6. The Labute approximate surface area is 212 Å². The Morgan fingerprint density at radius 2 is 1.51 bits per heavy atom. The summed E-state index contributed by atoms with van der Waals surface area (Å²) in [7, 11) is 0. The van der Waals surface area contributed by atoms with Gasteiger partial charge < -0.3 is 16.2 Å². The summed E-state index contributed by atoms with van der Waals surface area (Å²) >= 11 is 0. The maximum Gasteiger partial charge on any atom is 0.138 e. The van der Waals surface area contributed by atoms with E-state index in [1.165, 1.54) is 64.3 Å². The highest BCUT2D eigenvalue weighted by Crippen LogP contribution is 2.48. The van der Waals surface area contributed by atoms with E-state index in [0.29, 0.717) is 29.9 Å². The first-order chi connectivity index (χ1) is 17.1. The van der Waals surface area contributed by atoms with Gasteiger partial charge in [0.15, 0.2) is 0 Å². The molecule has 35 heavy (non-hydrogen) atoms. The molecule has 7 heteroatoms. The molecule has 0 bridgehead atoms. The molecular formula is C28H50N6O. The lowest BCUT2D eigenvalue weighted by Gasteiger charge is -2.46. The van der Waals surface area contributed by atoms with Crippen LogP contribution in [0.1, 0.15) is 96.3 Å². The molecule has 6 fully saturated rings. The second-order valence-corrected chi connectivity index (χ2v) is 13.1. The summed E-state index contributed by atoms with van der Waals surface area (Å²) in [6.45, 7) is 1.22. The van der Waals surface area contributed by atoms with Gasteiger partial charge in [-0.2, -0.15) is 0 Å². The van der Waals surface area contributed by atoms with Crippen molar-refractivity contribution in [1.29, 1.82) is 5.41 Å². The predicted molar refractivity (Wildman–Crippen MR) is 139 cm³/mol. The summed E-state index contributed by atoms with van der Waals surface area (Å²) in [6, 6.07) is 1.35. The second kappa shape index (κ2) is 10.6. The molecule has 2 heterocycles. The van der Waals surface area contributed by atoms with Crippen molar-refractivity contribution in [2.45, 2.75) is 127 Å². The van der Waals surface area contributed by atoms with Gasteiger partial charge in [0.1, 0.15) is 12.5 Å². The largest absolute Gasteiger partial charge is 0.387 e. The smallest absolute Gasteiger partial charge is 0.138 e. The molecule has 2 aliphatic heterocycles. The third-order valence-electron chi connectivity index (χ3n) is 11.2. The number of nitrogens with one attached hydrogen (secondary N) is 3. The van der Waals surface area contributed by atoms with Gasteiger partial charge in [-0.25, -0.2) is 10.9 Å². The zero-order chi connectivity index (χ0) is 23.9. The Morgan fingerprint density at radius 1 is 0.771 bits per heavy atom. The minimum Gasteiger partial charge on any atom is -0.387 e. The van der Waals surface area contributed by atoms with E-state index < -0.39 is 0 Å². The van der Waals surface area contributed by atoms with E-state index in [4.69, 9.17) is 21.6 Å². The molecule has 0 amide bonds. The molecule has 7 N–H and O–H groups in total. The maximum atomic E-state index is 8.15. The number of hydrogen-bond donors (Lipinski definition) is 5. The van der Waals surface area contributed by atoms with Gasteiger partial charge in [0, 0.05) is 24.5 Å². The molecule has 9 atom stereocenters. The number of amidine groups is 1. The molecule has 4 aliphatic carbocycles. The van der Waals surface area contributed by atoms with Crippen LogP contribution in [0.4, 0.5) is 0 Å². The van der Waals surface area contributed by atoms with Gasteiger partial charge in [0.2, 0.25) is 0 Å². The quantitative estimate of drug-likeness (QED) is 0.299. The Morgan fingerprint density at radius 3 is 2.34 bits per heavy atom. The van der Waals surface area contributed by atoms with Gasteiger partial charge in [0.05, 0.1) is 11.9 Å². The summed E-state index contributed by atoms with van der Waals surface area (Å²) in [5.41, 5.74) is 19.4. The fraction of sp³-hybridized carbons (Fsp3) is 0.964. The van der Waals surface area contributed by atoms with Crippen LogP contribution in [0.15, 0.2) is 0 Å². The first-order valence-electron chi connectivity index (χ1n) is 15.1. The Hall–Kier alpha value is -0.730. The molecule has 0 aromatic heterocycles. The molecule has 6 aliphatic rings. The third kappa shape index (κ3) is 5.05. The van der Waals surface area contributed by atoms with Crippen molar-refractivity contribution in [3.05, 3.63) is 0 Å². The number of nitrogens with zero attached hydrogens (tertiary/aromatic N) is 1. The molecule has 0 spiro atoms. The number of hydrogen-bond acceptors (Lipinski definition) is 6. The van der Waals surface area contributed by atoms with Crippen LogP contribution in [0.5, 0.6) is 0 Å². The summed E-state index contributed by atoms with van der Waals surface area (Å²) < 4.78 is 6.75. The molecule has 7 nitrogen and oxygen atoms in total. The molecule has 0 aromatic rings. The van der Waals surface area contributed by atoms with E-state index in [0.717, 1.165) is 62.2 Å². The molecule has 0 aromatic carbocycles. The van der Waals surface area contributed by atoms with Gasteiger partial charge in [0.25, 0.3) is 0 Å². The van der Waals surface area contributed by atoms with Gasteiger partial charge in [-0.3, -0.25) is 10.3 Å². The van der Waals surface area contributed by atoms with E-state index >= 15 is 0 Å². The zero-order valence-electron chi connectivity index (χ0n) is 21.7. The minimum absolute atomic E-state index is 0.0581. The summed E-state index contributed by atoms with van der Waals surface area (Å²) in [6.07, 6.45) is 19.4. The Kier molecular flexibility index (Phi) is 7.42. The number of hydrazine groups is 1. The lowest BCUT2D eigenvalue weighted by molar-refractivity contribution is -0.0532. The molecule has 198 valence electrons. The van der Waals surface area contributed by atoms with Gasteiger partial charge >= 0.3 is 0 Å². The Balaban J connectivity index is 1.18. The number of rotatable bonds is 5. The maximum absolute atomic E-state index is 8.15. The fourth-order valence-electron chi connectivity index (χ4n) is 9.26. The molecular weight excluding hydrogens is 436 g/mol. The SMILES string of the molecule is N=C(N)C1CCC2CC(C3NNC(C4CCC(N)CC4)O3)N(CC3CCCC4CCCCC43)C2C1. The van der Waals surface area contributed by atoms with Crippen LogP contribution in [0.3, 0.4) is 0 Å².